The molecule has 0 aromatic heterocycles. The lowest BCUT2D eigenvalue weighted by Gasteiger charge is -2.55. The molecule has 4 aliphatic carbocycles. The van der Waals surface area contributed by atoms with Gasteiger partial charge in [0.05, 0.1) is 13.0 Å². The number of aliphatic carboxylic acids is 1. The second kappa shape index (κ2) is 6.13. The molecule has 0 radical (unpaired) electrons. The molecule has 23 heavy (non-hydrogen) atoms. The molecule has 0 unspecified atom stereocenters. The summed E-state index contributed by atoms with van der Waals surface area (Å²) in [5.74, 6) is -0.115. The van der Waals surface area contributed by atoms with Crippen molar-refractivity contribution in [3.8, 4) is 0 Å². The molecule has 4 aliphatic rings. The largest absolute Gasteiger partial charge is 0.480 e. The smallest absolute Gasteiger partial charge is 0.326 e. The monoisotopic (exact) mass is 323 g/mol. The maximum Gasteiger partial charge on any atom is 0.326 e. The predicted molar refractivity (Wildman–Crippen MR) is 81.4 cm³/mol. The highest BCUT2D eigenvalue weighted by Gasteiger charge is 2.55. The van der Waals surface area contributed by atoms with E-state index in [1.165, 1.54) is 19.3 Å². The first-order valence-corrected chi connectivity index (χ1v) is 8.61. The summed E-state index contributed by atoms with van der Waals surface area (Å²) < 4.78 is 4.80. The first-order chi connectivity index (χ1) is 10.9. The zero-order valence-electron chi connectivity index (χ0n) is 13.5. The summed E-state index contributed by atoms with van der Waals surface area (Å²) in [7, 11) is 0. The first kappa shape index (κ1) is 16.3. The highest BCUT2D eigenvalue weighted by atomic mass is 16.5. The van der Waals surface area contributed by atoms with Gasteiger partial charge < -0.3 is 15.2 Å². The van der Waals surface area contributed by atoms with Crippen LogP contribution in [0.1, 0.15) is 51.9 Å². The first-order valence-electron chi connectivity index (χ1n) is 8.61. The maximum absolute atomic E-state index is 12.8. The van der Waals surface area contributed by atoms with Crippen LogP contribution in [-0.4, -0.2) is 35.6 Å². The van der Waals surface area contributed by atoms with Crippen LogP contribution in [0.15, 0.2) is 0 Å². The van der Waals surface area contributed by atoms with Crippen LogP contribution in [0.3, 0.4) is 0 Å². The van der Waals surface area contributed by atoms with Crippen LogP contribution in [0.25, 0.3) is 0 Å². The van der Waals surface area contributed by atoms with Gasteiger partial charge in [0, 0.05) is 5.41 Å². The summed E-state index contributed by atoms with van der Waals surface area (Å²) >= 11 is 0. The zero-order chi connectivity index (χ0) is 16.6. The second-order valence-corrected chi connectivity index (χ2v) is 7.57. The fraction of sp³-hybridized carbons (Fsp3) is 0.824. The predicted octanol–water partition coefficient (Wildman–Crippen LogP) is 1.73. The van der Waals surface area contributed by atoms with Crippen molar-refractivity contribution in [1.82, 2.24) is 5.32 Å². The van der Waals surface area contributed by atoms with Gasteiger partial charge in [0.25, 0.3) is 0 Å². The Morgan fingerprint density at radius 1 is 1.13 bits per heavy atom. The lowest BCUT2D eigenvalue weighted by atomic mass is 9.49. The van der Waals surface area contributed by atoms with Crippen LogP contribution < -0.4 is 5.32 Å². The van der Waals surface area contributed by atoms with Gasteiger partial charge in [-0.15, -0.1) is 0 Å². The average molecular weight is 323 g/mol. The normalized spacial score (nSPS) is 35.6. The maximum atomic E-state index is 12.8. The van der Waals surface area contributed by atoms with E-state index >= 15 is 0 Å². The van der Waals surface area contributed by atoms with E-state index in [-0.39, 0.29) is 18.9 Å². The molecular formula is C17H25NO5. The van der Waals surface area contributed by atoms with Gasteiger partial charge in [-0.05, 0) is 63.2 Å². The molecule has 1 amide bonds. The third-order valence-corrected chi connectivity index (χ3v) is 5.80. The highest BCUT2D eigenvalue weighted by Crippen LogP contribution is 2.60. The van der Waals surface area contributed by atoms with Gasteiger partial charge in [-0.1, -0.05) is 0 Å². The number of ether oxygens (including phenoxy) is 1. The summed E-state index contributed by atoms with van der Waals surface area (Å²) in [6.45, 7) is 1.87. The van der Waals surface area contributed by atoms with Crippen molar-refractivity contribution in [3.05, 3.63) is 0 Å². The van der Waals surface area contributed by atoms with E-state index in [1.807, 2.05) is 0 Å². The van der Waals surface area contributed by atoms with Gasteiger partial charge in [0.1, 0.15) is 6.04 Å². The van der Waals surface area contributed by atoms with E-state index in [0.29, 0.717) is 17.8 Å². The number of hydrogen-bond acceptors (Lipinski definition) is 4. The lowest BCUT2D eigenvalue weighted by molar-refractivity contribution is -0.154. The number of hydrogen-bond donors (Lipinski definition) is 2. The van der Waals surface area contributed by atoms with Crippen molar-refractivity contribution in [1.29, 1.82) is 0 Å². The van der Waals surface area contributed by atoms with E-state index in [1.54, 1.807) is 6.92 Å². The molecule has 0 heterocycles. The van der Waals surface area contributed by atoms with E-state index in [4.69, 9.17) is 4.74 Å². The van der Waals surface area contributed by atoms with E-state index in [9.17, 15) is 19.5 Å². The van der Waals surface area contributed by atoms with Gasteiger partial charge in [0.15, 0.2) is 0 Å². The molecule has 6 nitrogen and oxygen atoms in total. The number of carbonyl (C=O) groups excluding carboxylic acids is 2. The van der Waals surface area contributed by atoms with Crippen molar-refractivity contribution in [3.63, 3.8) is 0 Å². The molecule has 4 fully saturated rings. The molecule has 0 aromatic carbocycles. The van der Waals surface area contributed by atoms with E-state index < -0.39 is 23.4 Å². The molecule has 4 saturated carbocycles. The number of carbonyl (C=O) groups is 3. The van der Waals surface area contributed by atoms with E-state index in [0.717, 1.165) is 19.3 Å². The molecular weight excluding hydrogens is 298 g/mol. The molecule has 128 valence electrons. The van der Waals surface area contributed by atoms with E-state index in [2.05, 4.69) is 5.32 Å². The van der Waals surface area contributed by atoms with Crippen molar-refractivity contribution in [2.75, 3.05) is 6.61 Å². The number of esters is 1. The summed E-state index contributed by atoms with van der Waals surface area (Å²) in [5.41, 5.74) is -0.406. The minimum absolute atomic E-state index is 0.173. The third-order valence-electron chi connectivity index (χ3n) is 5.80. The Hall–Kier alpha value is -1.59. The van der Waals surface area contributed by atoms with Crippen LogP contribution in [0.4, 0.5) is 0 Å². The van der Waals surface area contributed by atoms with Crippen molar-refractivity contribution < 1.29 is 24.2 Å². The summed E-state index contributed by atoms with van der Waals surface area (Å²) in [6, 6.07) is -1.20. The Kier molecular flexibility index (Phi) is 4.34. The van der Waals surface area contributed by atoms with Crippen LogP contribution in [-0.2, 0) is 19.1 Å². The minimum atomic E-state index is -1.20. The molecule has 0 spiro atoms. The van der Waals surface area contributed by atoms with Crippen molar-refractivity contribution in [2.45, 2.75) is 57.9 Å². The average Bonchev–Trinajstić information content (AvgIpc) is 2.45. The highest BCUT2D eigenvalue weighted by molar-refractivity contribution is 5.90. The Labute approximate surface area is 136 Å². The number of amides is 1. The Morgan fingerprint density at radius 3 is 2.09 bits per heavy atom. The van der Waals surface area contributed by atoms with Crippen LogP contribution in [0, 0.1) is 23.2 Å². The molecule has 4 rings (SSSR count). The molecule has 0 aromatic rings. The topological polar surface area (TPSA) is 92.7 Å². The number of rotatable bonds is 6. The Bertz CT molecular complexity index is 480. The van der Waals surface area contributed by atoms with Crippen LogP contribution in [0.5, 0.6) is 0 Å². The minimum Gasteiger partial charge on any atom is -0.480 e. The van der Waals surface area contributed by atoms with Crippen molar-refractivity contribution in [2.24, 2.45) is 23.2 Å². The summed E-state index contributed by atoms with van der Waals surface area (Å²) in [6.07, 6.45) is 5.96. The molecule has 0 aliphatic heterocycles. The van der Waals surface area contributed by atoms with Gasteiger partial charge in [-0.2, -0.15) is 0 Å². The fourth-order valence-electron chi connectivity index (χ4n) is 5.29. The zero-order valence-corrected chi connectivity index (χ0v) is 13.5. The standard InChI is InChI=1S/C17H25NO5/c1-2-23-14(19)6-13(15(20)21)18-16(22)17-7-10-3-11(8-17)5-12(4-10)9-17/h10-13H,2-9H2,1H3,(H,18,22)(H,20,21)/t10?,11?,12?,13-,17?/m0/s1. The van der Waals surface area contributed by atoms with Gasteiger partial charge in [-0.3, -0.25) is 9.59 Å². The van der Waals surface area contributed by atoms with Gasteiger partial charge >= 0.3 is 11.9 Å². The summed E-state index contributed by atoms with van der Waals surface area (Å²) in [5, 5.41) is 11.9. The quantitative estimate of drug-likeness (QED) is 0.726. The molecule has 6 heteroatoms. The van der Waals surface area contributed by atoms with Crippen molar-refractivity contribution >= 4 is 17.8 Å². The molecule has 1 atom stereocenters. The third kappa shape index (κ3) is 3.21. The molecule has 4 bridgehead atoms. The van der Waals surface area contributed by atoms with Crippen LogP contribution >= 0.6 is 0 Å². The fourth-order valence-corrected chi connectivity index (χ4v) is 5.29. The SMILES string of the molecule is CCOC(=O)C[C@H](NC(=O)C12CC3CC(CC(C3)C1)C2)C(=O)O. The molecule has 2 N–H and O–H groups in total. The van der Waals surface area contributed by atoms with Gasteiger partial charge in [-0.25, -0.2) is 4.79 Å². The second-order valence-electron chi connectivity index (χ2n) is 7.57. The lowest BCUT2D eigenvalue weighted by Crippen LogP contribution is -2.56. The number of carboxylic acid groups (broad SMARTS) is 1. The number of nitrogens with one attached hydrogen (secondary N) is 1. The number of carboxylic acids is 1. The Morgan fingerprint density at radius 2 is 1.65 bits per heavy atom. The van der Waals surface area contributed by atoms with Gasteiger partial charge in [0.2, 0.25) is 5.91 Å². The summed E-state index contributed by atoms with van der Waals surface area (Å²) in [4.78, 5) is 35.8. The molecule has 0 saturated heterocycles. The van der Waals surface area contributed by atoms with Crippen LogP contribution in [0.2, 0.25) is 0 Å². The Balaban J connectivity index is 1.67.